The van der Waals surface area contributed by atoms with E-state index < -0.39 is 15.0 Å². The molecular weight excluding hydrogens is 272 g/mol. The molecule has 1 aromatic rings. The van der Waals surface area contributed by atoms with E-state index in [1.54, 1.807) is 0 Å². The van der Waals surface area contributed by atoms with Gasteiger partial charge in [0.15, 0.2) is 0 Å². The topological polar surface area (TPSA) is 47.0 Å². The average molecular weight is 274 g/mol. The summed E-state index contributed by atoms with van der Waals surface area (Å²) in [6.45, 7) is 0. The number of hydrogen-bond donors (Lipinski definition) is 0. The number of halogens is 3. The predicted octanol–water partition coefficient (Wildman–Crippen LogP) is 1.91. The zero-order valence-corrected chi connectivity index (χ0v) is 8.62. The van der Waals surface area contributed by atoms with E-state index in [0.29, 0.717) is 0 Å². The Kier molecular flexibility index (Phi) is 2.70. The standard InChI is InChI=1S/C5H2BrClFNO2S/c6-3-2-9-5(8)1-4(3)12(7,10)11/h1-2H. The summed E-state index contributed by atoms with van der Waals surface area (Å²) in [5, 5.41) is 0. The lowest BCUT2D eigenvalue weighted by molar-refractivity contribution is 0.573. The fourth-order valence-electron chi connectivity index (χ4n) is 0.583. The van der Waals surface area contributed by atoms with Crippen molar-refractivity contribution in [2.75, 3.05) is 0 Å². The Morgan fingerprint density at radius 1 is 1.58 bits per heavy atom. The SMILES string of the molecule is O=S(=O)(Cl)c1cc(F)ncc1Br. The van der Waals surface area contributed by atoms with Gasteiger partial charge in [-0.25, -0.2) is 13.4 Å². The minimum atomic E-state index is -3.91. The molecule has 0 spiro atoms. The molecule has 0 aliphatic carbocycles. The second-order valence-electron chi connectivity index (χ2n) is 1.88. The predicted molar refractivity (Wildman–Crippen MR) is 44.9 cm³/mol. The molecule has 0 amide bonds. The van der Waals surface area contributed by atoms with Crippen LogP contribution in [0.1, 0.15) is 0 Å². The molecule has 0 radical (unpaired) electrons. The van der Waals surface area contributed by atoms with E-state index in [1.165, 1.54) is 0 Å². The van der Waals surface area contributed by atoms with Gasteiger partial charge < -0.3 is 0 Å². The lowest BCUT2D eigenvalue weighted by atomic mass is 10.5. The van der Waals surface area contributed by atoms with Crippen molar-refractivity contribution in [3.05, 3.63) is 22.7 Å². The van der Waals surface area contributed by atoms with Crippen LogP contribution in [0.4, 0.5) is 4.39 Å². The summed E-state index contributed by atoms with van der Waals surface area (Å²) < 4.78 is 34.1. The van der Waals surface area contributed by atoms with E-state index in [1.807, 2.05) is 0 Å². The maximum Gasteiger partial charge on any atom is 0.262 e. The van der Waals surface area contributed by atoms with Gasteiger partial charge in [-0.3, -0.25) is 0 Å². The molecule has 0 saturated heterocycles. The molecule has 0 saturated carbocycles. The monoisotopic (exact) mass is 273 g/mol. The number of hydrogen-bond acceptors (Lipinski definition) is 3. The Balaban J connectivity index is 3.43. The lowest BCUT2D eigenvalue weighted by Crippen LogP contribution is -1.94. The van der Waals surface area contributed by atoms with Gasteiger partial charge in [-0.1, -0.05) is 0 Å². The van der Waals surface area contributed by atoms with Crippen LogP contribution >= 0.6 is 26.6 Å². The highest BCUT2D eigenvalue weighted by Gasteiger charge is 2.15. The van der Waals surface area contributed by atoms with Crippen molar-refractivity contribution in [2.45, 2.75) is 4.90 Å². The van der Waals surface area contributed by atoms with E-state index in [2.05, 4.69) is 20.9 Å². The summed E-state index contributed by atoms with van der Waals surface area (Å²) in [5.74, 6) is -0.891. The lowest BCUT2D eigenvalue weighted by Gasteiger charge is -1.97. The van der Waals surface area contributed by atoms with Crippen LogP contribution in [-0.2, 0) is 9.05 Å². The number of aromatic nitrogens is 1. The Labute approximate surface area is 81.1 Å². The van der Waals surface area contributed by atoms with Gasteiger partial charge in [0.05, 0.1) is 4.47 Å². The molecule has 0 bridgehead atoms. The van der Waals surface area contributed by atoms with Crippen molar-refractivity contribution in [1.82, 2.24) is 4.98 Å². The van der Waals surface area contributed by atoms with Gasteiger partial charge in [0.25, 0.3) is 9.05 Å². The maximum atomic E-state index is 12.4. The highest BCUT2D eigenvalue weighted by Crippen LogP contribution is 2.24. The van der Waals surface area contributed by atoms with Gasteiger partial charge in [-0.15, -0.1) is 0 Å². The minimum absolute atomic E-state index is 0.138. The Bertz CT molecular complexity index is 408. The van der Waals surface area contributed by atoms with E-state index >= 15 is 0 Å². The summed E-state index contributed by atoms with van der Waals surface area (Å²) in [6, 6.07) is 0.742. The molecule has 1 heterocycles. The van der Waals surface area contributed by atoms with Crippen molar-refractivity contribution in [3.8, 4) is 0 Å². The normalized spacial score (nSPS) is 11.6. The van der Waals surface area contributed by atoms with E-state index in [9.17, 15) is 12.8 Å². The molecule has 1 rings (SSSR count). The first-order valence-corrected chi connectivity index (χ1v) is 5.77. The molecule has 12 heavy (non-hydrogen) atoms. The second-order valence-corrected chi connectivity index (χ2v) is 5.26. The third-order valence-electron chi connectivity index (χ3n) is 1.05. The molecule has 66 valence electrons. The first-order chi connectivity index (χ1) is 5.41. The van der Waals surface area contributed by atoms with Gasteiger partial charge >= 0.3 is 0 Å². The van der Waals surface area contributed by atoms with Crippen LogP contribution in [0, 0.1) is 5.95 Å². The minimum Gasteiger partial charge on any atom is -0.227 e. The van der Waals surface area contributed by atoms with Crippen LogP contribution < -0.4 is 0 Å². The fraction of sp³-hybridized carbons (Fsp3) is 0. The quantitative estimate of drug-likeness (QED) is 0.580. The van der Waals surface area contributed by atoms with Gasteiger partial charge in [0.1, 0.15) is 4.90 Å². The molecule has 3 nitrogen and oxygen atoms in total. The fourth-order valence-corrected chi connectivity index (χ4v) is 2.63. The molecular formula is C5H2BrClFNO2S. The maximum absolute atomic E-state index is 12.4. The third-order valence-corrected chi connectivity index (χ3v) is 3.31. The first-order valence-electron chi connectivity index (χ1n) is 2.67. The van der Waals surface area contributed by atoms with Crippen molar-refractivity contribution in [1.29, 1.82) is 0 Å². The van der Waals surface area contributed by atoms with Crippen LogP contribution in [0.25, 0.3) is 0 Å². The number of nitrogens with zero attached hydrogens (tertiary/aromatic N) is 1. The average Bonchev–Trinajstić information content (AvgIpc) is 1.92. The molecule has 0 unspecified atom stereocenters. The summed E-state index contributed by atoms with van der Waals surface area (Å²) in [6.07, 6.45) is 1.03. The summed E-state index contributed by atoms with van der Waals surface area (Å²) >= 11 is 2.87. The molecule has 0 N–H and O–H groups in total. The van der Waals surface area contributed by atoms with Crippen LogP contribution in [0.5, 0.6) is 0 Å². The highest BCUT2D eigenvalue weighted by molar-refractivity contribution is 9.10. The molecule has 0 aromatic carbocycles. The van der Waals surface area contributed by atoms with Crippen LogP contribution in [0.2, 0.25) is 0 Å². The summed E-state index contributed by atoms with van der Waals surface area (Å²) in [7, 11) is 1.07. The second kappa shape index (κ2) is 3.27. The van der Waals surface area contributed by atoms with Gasteiger partial charge in [-0.05, 0) is 15.9 Å². The van der Waals surface area contributed by atoms with Crippen LogP contribution in [-0.4, -0.2) is 13.4 Å². The zero-order chi connectivity index (χ0) is 9.35. The van der Waals surface area contributed by atoms with Crippen molar-refractivity contribution >= 4 is 35.7 Å². The Morgan fingerprint density at radius 3 is 2.58 bits per heavy atom. The van der Waals surface area contributed by atoms with Crippen LogP contribution in [0.3, 0.4) is 0 Å². The summed E-state index contributed by atoms with van der Waals surface area (Å²) in [5.41, 5.74) is 0. The molecule has 1 aromatic heterocycles. The van der Waals surface area contributed by atoms with Crippen LogP contribution in [0.15, 0.2) is 21.6 Å². The van der Waals surface area contributed by atoms with Crippen molar-refractivity contribution in [2.24, 2.45) is 0 Å². The zero-order valence-electron chi connectivity index (χ0n) is 5.46. The van der Waals surface area contributed by atoms with Gasteiger partial charge in [0, 0.05) is 22.9 Å². The Morgan fingerprint density at radius 2 is 2.17 bits per heavy atom. The molecule has 7 heteroatoms. The number of pyridine rings is 1. The van der Waals surface area contributed by atoms with Crippen molar-refractivity contribution in [3.63, 3.8) is 0 Å². The first kappa shape index (κ1) is 9.88. The molecule has 0 aliphatic heterocycles. The Hall–Kier alpha value is -0.200. The molecule has 0 aliphatic rings. The highest BCUT2D eigenvalue weighted by atomic mass is 79.9. The third kappa shape index (κ3) is 2.15. The van der Waals surface area contributed by atoms with Gasteiger partial charge in [0.2, 0.25) is 5.95 Å². The van der Waals surface area contributed by atoms with Crippen molar-refractivity contribution < 1.29 is 12.8 Å². The van der Waals surface area contributed by atoms with Gasteiger partial charge in [-0.2, -0.15) is 4.39 Å². The molecule has 0 atom stereocenters. The summed E-state index contributed by atoms with van der Waals surface area (Å²) in [4.78, 5) is 2.89. The van der Waals surface area contributed by atoms with E-state index in [0.717, 1.165) is 12.3 Å². The largest absolute Gasteiger partial charge is 0.262 e. The van der Waals surface area contributed by atoms with E-state index in [-0.39, 0.29) is 9.37 Å². The van der Waals surface area contributed by atoms with E-state index in [4.69, 9.17) is 10.7 Å². The number of rotatable bonds is 1. The smallest absolute Gasteiger partial charge is 0.227 e. The molecule has 0 fully saturated rings.